The van der Waals surface area contributed by atoms with E-state index in [-0.39, 0.29) is 17.7 Å². The number of carbonyl (C=O) groups excluding carboxylic acids is 2. The predicted molar refractivity (Wildman–Crippen MR) is 92.1 cm³/mol. The van der Waals surface area contributed by atoms with Crippen LogP contribution in [0.2, 0.25) is 0 Å². The average Bonchev–Trinajstić information content (AvgIpc) is 3.38. The molecule has 1 aromatic carbocycles. The third kappa shape index (κ3) is 3.88. The molecule has 1 aliphatic heterocycles. The van der Waals surface area contributed by atoms with Gasteiger partial charge in [-0.15, -0.1) is 0 Å². The fraction of sp³-hybridized carbons (Fsp3) is 0.471. The number of rotatable bonds is 4. The van der Waals surface area contributed by atoms with Crippen LogP contribution in [0, 0.1) is 5.92 Å². The van der Waals surface area contributed by atoms with Crippen molar-refractivity contribution < 1.29 is 9.59 Å². The lowest BCUT2D eigenvalue weighted by Crippen LogP contribution is -2.45. The molecule has 0 aromatic heterocycles. The summed E-state index contributed by atoms with van der Waals surface area (Å²) in [6.07, 6.45) is 3.87. The lowest BCUT2D eigenvalue weighted by atomic mass is 9.96. The second-order valence-corrected chi connectivity index (χ2v) is 6.75. The van der Waals surface area contributed by atoms with Crippen molar-refractivity contribution in [1.29, 1.82) is 0 Å². The number of hydrogen-bond acceptors (Lipinski definition) is 3. The van der Waals surface area contributed by atoms with Crippen LogP contribution in [0.5, 0.6) is 0 Å². The molecule has 2 fully saturated rings. The lowest BCUT2D eigenvalue weighted by Gasteiger charge is -2.32. The van der Waals surface area contributed by atoms with Crippen molar-refractivity contribution in [2.75, 3.05) is 13.1 Å². The number of nitrogens with zero attached hydrogens (tertiary/aromatic N) is 1. The molecular weight excluding hydrogens is 310 g/mol. The Morgan fingerprint density at radius 3 is 2.39 bits per heavy atom. The molecule has 3 rings (SSSR count). The first-order valence-corrected chi connectivity index (χ1v) is 8.45. The molecule has 1 aliphatic carbocycles. The van der Waals surface area contributed by atoms with Crippen LogP contribution >= 0.6 is 12.2 Å². The number of benzene rings is 1. The summed E-state index contributed by atoms with van der Waals surface area (Å²) in [7, 11) is 0. The van der Waals surface area contributed by atoms with Crippen LogP contribution in [0.3, 0.4) is 0 Å². The summed E-state index contributed by atoms with van der Waals surface area (Å²) in [6, 6.07) is 7.37. The molecule has 122 valence electrons. The Bertz CT molecular complexity index is 625. The van der Waals surface area contributed by atoms with Gasteiger partial charge in [0.2, 0.25) is 5.91 Å². The van der Waals surface area contributed by atoms with Gasteiger partial charge in [-0.3, -0.25) is 9.59 Å². The van der Waals surface area contributed by atoms with E-state index < -0.39 is 0 Å². The lowest BCUT2D eigenvalue weighted by molar-refractivity contribution is -0.126. The van der Waals surface area contributed by atoms with Crippen LogP contribution in [0.15, 0.2) is 24.3 Å². The summed E-state index contributed by atoms with van der Waals surface area (Å²) in [6.45, 7) is 1.19. The minimum absolute atomic E-state index is 0.0385. The first-order chi connectivity index (χ1) is 11.0. The molecule has 1 aromatic rings. The van der Waals surface area contributed by atoms with Crippen LogP contribution in [-0.4, -0.2) is 40.8 Å². The molecule has 2 amide bonds. The van der Waals surface area contributed by atoms with Gasteiger partial charge >= 0.3 is 0 Å². The third-order valence-electron chi connectivity index (χ3n) is 4.42. The van der Waals surface area contributed by atoms with E-state index in [1.54, 1.807) is 29.2 Å². The molecule has 1 saturated carbocycles. The van der Waals surface area contributed by atoms with Crippen LogP contribution in [0.4, 0.5) is 0 Å². The normalized spacial score (nSPS) is 20.9. The van der Waals surface area contributed by atoms with Gasteiger partial charge in [-0.05, 0) is 37.8 Å². The molecule has 0 bridgehead atoms. The van der Waals surface area contributed by atoms with Crippen LogP contribution in [0.25, 0.3) is 0 Å². The largest absolute Gasteiger partial charge is 0.389 e. The van der Waals surface area contributed by atoms with Crippen molar-refractivity contribution >= 4 is 29.0 Å². The number of amides is 2. The summed E-state index contributed by atoms with van der Waals surface area (Å²) < 4.78 is 0. The van der Waals surface area contributed by atoms with Gasteiger partial charge in [0.25, 0.3) is 5.91 Å². The molecular formula is C17H21N3O2S. The first-order valence-electron chi connectivity index (χ1n) is 8.04. The molecule has 0 unspecified atom stereocenters. The van der Waals surface area contributed by atoms with Gasteiger partial charge in [0.15, 0.2) is 0 Å². The summed E-state index contributed by atoms with van der Waals surface area (Å²) >= 11 is 4.92. The molecule has 5 nitrogen and oxygen atoms in total. The van der Waals surface area contributed by atoms with Crippen molar-refractivity contribution in [2.45, 2.75) is 31.7 Å². The summed E-state index contributed by atoms with van der Waals surface area (Å²) in [4.78, 5) is 26.9. The summed E-state index contributed by atoms with van der Waals surface area (Å²) in [5, 5.41) is 3.04. The van der Waals surface area contributed by atoms with E-state index in [9.17, 15) is 9.59 Å². The Morgan fingerprint density at radius 1 is 1.13 bits per heavy atom. The number of piperidine rings is 1. The maximum atomic E-state index is 12.6. The number of thiocarbonyl (C=S) groups is 1. The zero-order chi connectivity index (χ0) is 16.4. The van der Waals surface area contributed by atoms with Crippen LogP contribution < -0.4 is 11.1 Å². The Hall–Kier alpha value is -1.95. The van der Waals surface area contributed by atoms with Crippen molar-refractivity contribution in [3.63, 3.8) is 0 Å². The van der Waals surface area contributed by atoms with Gasteiger partial charge in [0.05, 0.1) is 5.92 Å². The predicted octanol–water partition coefficient (Wildman–Crippen LogP) is 1.45. The van der Waals surface area contributed by atoms with Gasteiger partial charge in [-0.1, -0.05) is 24.4 Å². The topological polar surface area (TPSA) is 75.4 Å². The summed E-state index contributed by atoms with van der Waals surface area (Å²) in [5.41, 5.74) is 6.92. The number of likely N-dealkylation sites (tertiary alicyclic amines) is 1. The summed E-state index contributed by atoms with van der Waals surface area (Å²) in [5.74, 6) is -0.0403. The molecule has 1 heterocycles. The Balaban J connectivity index is 1.63. The SMILES string of the molecule is NC(=S)c1ccc(C(=O)N2CCC[C@H](C(=O)NC3CC3)C2)cc1. The van der Waals surface area contributed by atoms with Gasteiger partial charge in [0.1, 0.15) is 4.99 Å². The first kappa shape index (κ1) is 15.9. The quantitative estimate of drug-likeness (QED) is 0.819. The maximum absolute atomic E-state index is 12.6. The molecule has 3 N–H and O–H groups in total. The van der Waals surface area contributed by atoms with Gasteiger partial charge < -0.3 is 16.0 Å². The molecule has 2 aliphatic rings. The van der Waals surface area contributed by atoms with Crippen molar-refractivity contribution in [2.24, 2.45) is 11.7 Å². The van der Waals surface area contributed by atoms with E-state index in [1.807, 2.05) is 0 Å². The van der Waals surface area contributed by atoms with E-state index in [1.165, 1.54) is 0 Å². The fourth-order valence-electron chi connectivity index (χ4n) is 2.88. The van der Waals surface area contributed by atoms with Gasteiger partial charge in [-0.2, -0.15) is 0 Å². The standard InChI is InChI=1S/C17H21N3O2S/c18-15(23)11-3-5-12(6-4-11)17(22)20-9-1-2-13(10-20)16(21)19-14-7-8-14/h3-6,13-14H,1-2,7-10H2,(H2,18,23)(H,19,21)/t13-/m0/s1. The van der Waals surface area contributed by atoms with Gasteiger partial charge in [-0.25, -0.2) is 0 Å². The Kier molecular flexibility index (Phi) is 4.61. The Morgan fingerprint density at radius 2 is 1.78 bits per heavy atom. The second kappa shape index (κ2) is 6.66. The van der Waals surface area contributed by atoms with Gasteiger partial charge in [0, 0.05) is 30.3 Å². The highest BCUT2D eigenvalue weighted by molar-refractivity contribution is 7.80. The highest BCUT2D eigenvalue weighted by Gasteiger charge is 2.32. The molecule has 0 spiro atoms. The highest BCUT2D eigenvalue weighted by Crippen LogP contribution is 2.23. The average molecular weight is 331 g/mol. The van der Waals surface area contributed by atoms with E-state index in [4.69, 9.17) is 18.0 Å². The molecule has 1 saturated heterocycles. The minimum atomic E-state index is -0.0933. The number of nitrogens with two attached hydrogens (primary N) is 1. The second-order valence-electron chi connectivity index (χ2n) is 6.31. The zero-order valence-corrected chi connectivity index (χ0v) is 13.8. The molecule has 0 radical (unpaired) electrons. The van der Waals surface area contributed by atoms with E-state index >= 15 is 0 Å². The van der Waals surface area contributed by atoms with Crippen molar-refractivity contribution in [3.05, 3.63) is 35.4 Å². The molecule has 6 heteroatoms. The van der Waals surface area contributed by atoms with E-state index in [0.717, 1.165) is 31.2 Å². The van der Waals surface area contributed by atoms with Crippen LogP contribution in [-0.2, 0) is 4.79 Å². The van der Waals surface area contributed by atoms with E-state index in [2.05, 4.69) is 5.32 Å². The highest BCUT2D eigenvalue weighted by atomic mass is 32.1. The Labute approximate surface area is 141 Å². The zero-order valence-electron chi connectivity index (χ0n) is 13.0. The van der Waals surface area contributed by atoms with Crippen molar-refractivity contribution in [3.8, 4) is 0 Å². The molecule has 1 atom stereocenters. The van der Waals surface area contributed by atoms with E-state index in [0.29, 0.717) is 29.7 Å². The molecule has 23 heavy (non-hydrogen) atoms. The minimum Gasteiger partial charge on any atom is -0.389 e. The van der Waals surface area contributed by atoms with Crippen molar-refractivity contribution in [1.82, 2.24) is 10.2 Å². The monoisotopic (exact) mass is 331 g/mol. The number of nitrogens with one attached hydrogen (secondary N) is 1. The van der Waals surface area contributed by atoms with Crippen LogP contribution in [0.1, 0.15) is 41.6 Å². The third-order valence-corrected chi connectivity index (χ3v) is 4.66. The number of carbonyl (C=O) groups is 2. The fourth-order valence-corrected chi connectivity index (χ4v) is 3.02. The maximum Gasteiger partial charge on any atom is 0.253 e. The smallest absolute Gasteiger partial charge is 0.253 e. The number of hydrogen-bond donors (Lipinski definition) is 2.